The number of hydrogen-bond donors (Lipinski definition) is 2. The van der Waals surface area contributed by atoms with Crippen molar-refractivity contribution in [1.82, 2.24) is 0 Å². The Morgan fingerprint density at radius 1 is 0.926 bits per heavy atom. The molecule has 27 heavy (non-hydrogen) atoms. The molecular weight excluding hydrogens is 342 g/mol. The molecule has 0 radical (unpaired) electrons. The number of nitrogens with zero attached hydrogens (tertiary/aromatic N) is 1. The third-order valence-electron chi connectivity index (χ3n) is 4.32. The molecule has 6 nitrogen and oxygen atoms in total. The van der Waals surface area contributed by atoms with Crippen molar-refractivity contribution in [2.75, 3.05) is 28.6 Å². The van der Waals surface area contributed by atoms with Crippen LogP contribution >= 0.6 is 0 Å². The van der Waals surface area contributed by atoms with E-state index in [-0.39, 0.29) is 5.78 Å². The second-order valence-corrected chi connectivity index (χ2v) is 6.22. The first-order valence-electron chi connectivity index (χ1n) is 8.94. The summed E-state index contributed by atoms with van der Waals surface area (Å²) in [5, 5.41) is 5.15. The van der Waals surface area contributed by atoms with Crippen molar-refractivity contribution in [2.45, 2.75) is 27.7 Å². The summed E-state index contributed by atoms with van der Waals surface area (Å²) in [7, 11) is 0. The van der Waals surface area contributed by atoms with E-state index in [1.54, 1.807) is 24.3 Å². The molecule has 0 saturated carbocycles. The van der Waals surface area contributed by atoms with Gasteiger partial charge in [0, 0.05) is 35.7 Å². The average molecular weight is 367 g/mol. The lowest BCUT2D eigenvalue weighted by molar-refractivity contribution is -0.133. The fraction of sp³-hybridized carbons (Fsp3) is 0.286. The van der Waals surface area contributed by atoms with E-state index >= 15 is 0 Å². The maximum Gasteiger partial charge on any atom is 0.314 e. The Morgan fingerprint density at radius 3 is 2.19 bits per heavy atom. The number of ketones is 1. The molecule has 0 spiro atoms. The second kappa shape index (κ2) is 8.98. The number of anilines is 3. The molecule has 0 saturated heterocycles. The fourth-order valence-corrected chi connectivity index (χ4v) is 2.76. The van der Waals surface area contributed by atoms with Crippen molar-refractivity contribution in [3.05, 3.63) is 53.6 Å². The van der Waals surface area contributed by atoms with E-state index in [1.807, 2.05) is 19.1 Å². The summed E-state index contributed by atoms with van der Waals surface area (Å²) >= 11 is 0. The van der Waals surface area contributed by atoms with Gasteiger partial charge in [0.2, 0.25) is 0 Å². The second-order valence-electron chi connectivity index (χ2n) is 6.22. The Hall–Kier alpha value is -3.15. The molecule has 2 aromatic rings. The molecule has 2 aromatic carbocycles. The molecule has 0 fully saturated rings. The quantitative estimate of drug-likeness (QED) is 0.604. The fourth-order valence-electron chi connectivity index (χ4n) is 2.76. The van der Waals surface area contributed by atoms with Gasteiger partial charge in [0.25, 0.3) is 0 Å². The molecule has 0 aliphatic carbocycles. The van der Waals surface area contributed by atoms with Gasteiger partial charge in [-0.25, -0.2) is 0 Å². The van der Waals surface area contributed by atoms with Gasteiger partial charge in [0.1, 0.15) is 0 Å². The van der Waals surface area contributed by atoms with Crippen molar-refractivity contribution < 1.29 is 14.4 Å². The van der Waals surface area contributed by atoms with Crippen LogP contribution in [0, 0.1) is 6.92 Å². The highest BCUT2D eigenvalue weighted by Gasteiger charge is 2.16. The number of amides is 2. The Bertz CT molecular complexity index is 858. The van der Waals surface area contributed by atoms with Gasteiger partial charge >= 0.3 is 11.8 Å². The number of nitrogens with one attached hydrogen (secondary N) is 2. The summed E-state index contributed by atoms with van der Waals surface area (Å²) in [6.07, 6.45) is 0. The Morgan fingerprint density at radius 2 is 1.59 bits per heavy atom. The molecule has 0 atom stereocenters. The maximum absolute atomic E-state index is 12.2. The number of carbonyl (C=O) groups is 3. The molecule has 0 aromatic heterocycles. The molecule has 0 aliphatic rings. The van der Waals surface area contributed by atoms with E-state index < -0.39 is 11.8 Å². The SMILES string of the molecule is CCN(CC)c1ccc(NC(=O)C(=O)Nc2cccc(C(C)=O)c2)c(C)c1. The summed E-state index contributed by atoms with van der Waals surface area (Å²) in [4.78, 5) is 38.0. The maximum atomic E-state index is 12.2. The number of benzene rings is 2. The molecule has 0 unspecified atom stereocenters. The summed E-state index contributed by atoms with van der Waals surface area (Å²) < 4.78 is 0. The number of Topliss-reactive ketones (excluding diaryl/α,β-unsaturated/α-hetero) is 1. The summed E-state index contributed by atoms with van der Waals surface area (Å²) in [5.74, 6) is -1.66. The van der Waals surface area contributed by atoms with E-state index in [1.165, 1.54) is 13.0 Å². The third kappa shape index (κ3) is 5.17. The zero-order chi connectivity index (χ0) is 20.0. The Kier molecular flexibility index (Phi) is 6.71. The van der Waals surface area contributed by atoms with Crippen LogP contribution in [0.4, 0.5) is 17.1 Å². The average Bonchev–Trinajstić information content (AvgIpc) is 2.65. The van der Waals surface area contributed by atoms with Gasteiger partial charge in [0.15, 0.2) is 5.78 Å². The van der Waals surface area contributed by atoms with Crippen LogP contribution in [0.1, 0.15) is 36.7 Å². The smallest absolute Gasteiger partial charge is 0.314 e. The van der Waals surface area contributed by atoms with Gasteiger partial charge in [-0.1, -0.05) is 12.1 Å². The Labute approximate surface area is 159 Å². The first kappa shape index (κ1) is 20.2. The van der Waals surface area contributed by atoms with Crippen LogP contribution < -0.4 is 15.5 Å². The van der Waals surface area contributed by atoms with Crippen molar-refractivity contribution in [2.24, 2.45) is 0 Å². The summed E-state index contributed by atoms with van der Waals surface area (Å²) in [6.45, 7) is 9.28. The van der Waals surface area contributed by atoms with Crippen molar-refractivity contribution in [3.8, 4) is 0 Å². The van der Waals surface area contributed by atoms with Crippen LogP contribution in [0.15, 0.2) is 42.5 Å². The molecule has 2 N–H and O–H groups in total. The number of rotatable bonds is 6. The molecule has 2 rings (SSSR count). The van der Waals surface area contributed by atoms with Gasteiger partial charge in [-0.2, -0.15) is 0 Å². The highest BCUT2D eigenvalue weighted by Crippen LogP contribution is 2.22. The first-order valence-corrected chi connectivity index (χ1v) is 8.94. The van der Waals surface area contributed by atoms with Crippen molar-refractivity contribution in [1.29, 1.82) is 0 Å². The predicted molar refractivity (Wildman–Crippen MR) is 108 cm³/mol. The normalized spacial score (nSPS) is 10.2. The zero-order valence-corrected chi connectivity index (χ0v) is 16.1. The number of hydrogen-bond acceptors (Lipinski definition) is 4. The van der Waals surface area contributed by atoms with Gasteiger partial charge in [-0.05, 0) is 63.6 Å². The lowest BCUT2D eigenvalue weighted by Crippen LogP contribution is -2.29. The summed E-state index contributed by atoms with van der Waals surface area (Å²) in [6, 6.07) is 12.2. The van der Waals surface area contributed by atoms with Gasteiger partial charge in [0.05, 0.1) is 0 Å². The number of aryl methyl sites for hydroxylation is 1. The van der Waals surface area contributed by atoms with Gasteiger partial charge in [-0.3, -0.25) is 14.4 Å². The van der Waals surface area contributed by atoms with Crippen LogP contribution in [-0.4, -0.2) is 30.7 Å². The van der Waals surface area contributed by atoms with Gasteiger partial charge < -0.3 is 15.5 Å². The number of carbonyl (C=O) groups excluding carboxylic acids is 3. The van der Waals surface area contributed by atoms with Crippen LogP contribution in [0.5, 0.6) is 0 Å². The van der Waals surface area contributed by atoms with Crippen LogP contribution in [0.3, 0.4) is 0 Å². The molecule has 2 amide bonds. The van der Waals surface area contributed by atoms with E-state index in [4.69, 9.17) is 0 Å². The highest BCUT2D eigenvalue weighted by molar-refractivity contribution is 6.43. The monoisotopic (exact) mass is 367 g/mol. The van der Waals surface area contributed by atoms with Crippen molar-refractivity contribution in [3.63, 3.8) is 0 Å². The minimum Gasteiger partial charge on any atom is -0.372 e. The Balaban J connectivity index is 2.07. The largest absolute Gasteiger partial charge is 0.372 e. The zero-order valence-electron chi connectivity index (χ0n) is 16.1. The van der Waals surface area contributed by atoms with Crippen molar-refractivity contribution >= 4 is 34.7 Å². The minimum absolute atomic E-state index is 0.112. The van der Waals surface area contributed by atoms with E-state index in [9.17, 15) is 14.4 Å². The molecule has 142 valence electrons. The molecular formula is C21H25N3O3. The lowest BCUT2D eigenvalue weighted by Gasteiger charge is -2.22. The topological polar surface area (TPSA) is 78.5 Å². The standard InChI is InChI=1S/C21H25N3O3/c1-5-24(6-2)18-10-11-19(14(3)12-18)23-21(27)20(26)22-17-9-7-8-16(13-17)15(4)25/h7-13H,5-6H2,1-4H3,(H,22,26)(H,23,27). The summed E-state index contributed by atoms with van der Waals surface area (Å²) in [5.41, 5.74) is 3.40. The van der Waals surface area contributed by atoms with Crippen LogP contribution in [0.25, 0.3) is 0 Å². The van der Waals surface area contributed by atoms with Gasteiger partial charge in [-0.15, -0.1) is 0 Å². The minimum atomic E-state index is -0.789. The first-order chi connectivity index (χ1) is 12.8. The molecule has 0 heterocycles. The van der Waals surface area contributed by atoms with E-state index in [2.05, 4.69) is 29.4 Å². The molecule has 0 bridgehead atoms. The van der Waals surface area contributed by atoms with E-state index in [0.717, 1.165) is 24.3 Å². The predicted octanol–water partition coefficient (Wildman–Crippen LogP) is 3.62. The molecule has 0 aliphatic heterocycles. The molecule has 6 heteroatoms. The highest BCUT2D eigenvalue weighted by atomic mass is 16.2. The van der Waals surface area contributed by atoms with E-state index in [0.29, 0.717) is 16.9 Å². The van der Waals surface area contributed by atoms with Crippen LogP contribution in [-0.2, 0) is 9.59 Å². The van der Waals surface area contributed by atoms with Crippen LogP contribution in [0.2, 0.25) is 0 Å². The third-order valence-corrected chi connectivity index (χ3v) is 4.32. The lowest BCUT2D eigenvalue weighted by atomic mass is 10.1.